The molecule has 1 heterocycles. The number of nitrogens with two attached hydrogens (primary N) is 1. The third-order valence-corrected chi connectivity index (χ3v) is 2.56. The lowest BCUT2D eigenvalue weighted by Gasteiger charge is -2.37. The zero-order valence-corrected chi connectivity index (χ0v) is 8.22. The molecule has 15 heavy (non-hydrogen) atoms. The van der Waals surface area contributed by atoms with E-state index < -0.39 is 5.91 Å². The van der Waals surface area contributed by atoms with Gasteiger partial charge in [-0.05, 0) is 5.56 Å². The minimum Gasteiger partial charge on any atom is -0.368 e. The molecule has 4 heteroatoms. The normalized spacial score (nSPS) is 19.9. The van der Waals surface area contributed by atoms with Gasteiger partial charge in [-0.2, -0.15) is 0 Å². The Labute approximate surface area is 87.7 Å². The van der Waals surface area contributed by atoms with Crippen LogP contribution in [0.5, 0.6) is 0 Å². The Hall–Kier alpha value is -1.84. The number of hydrogen-bond acceptors (Lipinski definition) is 2. The number of likely N-dealkylation sites (tertiary alicyclic amines) is 1. The average molecular weight is 204 g/mol. The van der Waals surface area contributed by atoms with E-state index in [-0.39, 0.29) is 18.4 Å². The molecule has 0 aliphatic carbocycles. The maximum atomic E-state index is 11.6. The molecule has 1 saturated heterocycles. The lowest BCUT2D eigenvalue weighted by atomic mass is 9.90. The molecule has 1 aliphatic heterocycles. The Morgan fingerprint density at radius 2 is 2.07 bits per heavy atom. The van der Waals surface area contributed by atoms with Gasteiger partial charge < -0.3 is 10.6 Å². The van der Waals surface area contributed by atoms with Crippen molar-refractivity contribution in [3.63, 3.8) is 0 Å². The van der Waals surface area contributed by atoms with Crippen LogP contribution in [0.1, 0.15) is 11.5 Å². The molecule has 0 radical (unpaired) electrons. The maximum Gasteiger partial charge on any atom is 0.237 e. The summed E-state index contributed by atoms with van der Waals surface area (Å²) in [6.45, 7) is 0.619. The smallest absolute Gasteiger partial charge is 0.237 e. The first-order chi connectivity index (χ1) is 7.18. The van der Waals surface area contributed by atoms with Crippen molar-refractivity contribution in [3.8, 4) is 0 Å². The number of carbonyl (C=O) groups excluding carboxylic acids is 2. The summed E-state index contributed by atoms with van der Waals surface area (Å²) < 4.78 is 0. The van der Waals surface area contributed by atoms with Gasteiger partial charge >= 0.3 is 0 Å². The number of hydrogen-bond donors (Lipinski definition) is 1. The molecule has 1 aliphatic rings. The highest BCUT2D eigenvalue weighted by Gasteiger charge is 2.37. The van der Waals surface area contributed by atoms with Crippen LogP contribution in [0.4, 0.5) is 0 Å². The van der Waals surface area contributed by atoms with Crippen molar-refractivity contribution in [2.24, 2.45) is 5.73 Å². The van der Waals surface area contributed by atoms with Crippen LogP contribution in [0.3, 0.4) is 0 Å². The predicted octanol–water partition coefficient (Wildman–Crippen LogP) is 0.0977. The van der Waals surface area contributed by atoms with Crippen LogP contribution < -0.4 is 5.73 Å². The summed E-state index contributed by atoms with van der Waals surface area (Å²) in [5.41, 5.74) is 6.02. The average Bonchev–Trinajstić information content (AvgIpc) is 2.24. The molecule has 78 valence electrons. The Morgan fingerprint density at radius 1 is 1.40 bits per heavy atom. The monoisotopic (exact) mass is 204 g/mol. The van der Waals surface area contributed by atoms with E-state index in [1.165, 1.54) is 4.90 Å². The second-order valence-electron chi connectivity index (χ2n) is 3.65. The van der Waals surface area contributed by atoms with Crippen molar-refractivity contribution < 1.29 is 9.59 Å². The van der Waals surface area contributed by atoms with E-state index in [0.29, 0.717) is 6.54 Å². The van der Waals surface area contributed by atoms with Crippen LogP contribution in [-0.4, -0.2) is 29.8 Å². The van der Waals surface area contributed by atoms with Crippen molar-refractivity contribution in [2.45, 2.75) is 5.92 Å². The second kappa shape index (κ2) is 3.73. The van der Waals surface area contributed by atoms with Crippen LogP contribution in [0.25, 0.3) is 0 Å². The zero-order chi connectivity index (χ0) is 10.8. The van der Waals surface area contributed by atoms with Gasteiger partial charge in [0.05, 0.1) is 12.5 Å². The van der Waals surface area contributed by atoms with E-state index >= 15 is 0 Å². The standard InChI is InChI=1S/C11H12N2O2/c12-10(14)7-13-6-9(11(13)15)8-4-2-1-3-5-8/h1-5,9H,6-7H2,(H2,12,14)/t9-/m1/s1. The van der Waals surface area contributed by atoms with Gasteiger partial charge in [-0.1, -0.05) is 30.3 Å². The molecule has 0 unspecified atom stereocenters. The molecule has 1 aromatic carbocycles. The summed E-state index contributed by atoms with van der Waals surface area (Å²) in [7, 11) is 0. The van der Waals surface area contributed by atoms with Gasteiger partial charge in [0.25, 0.3) is 0 Å². The van der Waals surface area contributed by atoms with Crippen molar-refractivity contribution in [1.29, 1.82) is 0 Å². The first kappa shape index (κ1) is 9.71. The number of β-lactam (4-membered cyclic amide) rings is 1. The summed E-state index contributed by atoms with van der Waals surface area (Å²) in [5.74, 6) is -0.569. The van der Waals surface area contributed by atoms with Gasteiger partial charge in [0.1, 0.15) is 0 Å². The molecule has 0 spiro atoms. The topological polar surface area (TPSA) is 63.4 Å². The molecule has 2 amide bonds. The van der Waals surface area contributed by atoms with Gasteiger partial charge in [-0.25, -0.2) is 0 Å². The largest absolute Gasteiger partial charge is 0.368 e. The van der Waals surface area contributed by atoms with Gasteiger partial charge in [0.2, 0.25) is 11.8 Å². The Kier molecular flexibility index (Phi) is 2.41. The fourth-order valence-electron chi connectivity index (χ4n) is 1.76. The lowest BCUT2D eigenvalue weighted by Crippen LogP contribution is -2.53. The quantitative estimate of drug-likeness (QED) is 0.709. The molecular weight excluding hydrogens is 192 g/mol. The van der Waals surface area contributed by atoms with Gasteiger partial charge in [-0.15, -0.1) is 0 Å². The van der Waals surface area contributed by atoms with Crippen molar-refractivity contribution in [1.82, 2.24) is 4.90 Å². The second-order valence-corrected chi connectivity index (χ2v) is 3.65. The van der Waals surface area contributed by atoms with E-state index in [1.807, 2.05) is 30.3 Å². The molecular formula is C11H12N2O2. The van der Waals surface area contributed by atoms with Crippen molar-refractivity contribution in [3.05, 3.63) is 35.9 Å². The molecule has 2 rings (SSSR count). The number of primary amides is 1. The maximum absolute atomic E-state index is 11.6. The number of carbonyl (C=O) groups is 2. The van der Waals surface area contributed by atoms with Crippen LogP contribution in [0, 0.1) is 0 Å². The molecule has 0 aromatic heterocycles. The number of benzene rings is 1. The molecule has 0 bridgehead atoms. The highest BCUT2D eigenvalue weighted by atomic mass is 16.2. The van der Waals surface area contributed by atoms with E-state index in [1.54, 1.807) is 0 Å². The number of rotatable bonds is 3. The summed E-state index contributed by atoms with van der Waals surface area (Å²) in [5, 5.41) is 0. The number of nitrogens with zero attached hydrogens (tertiary/aromatic N) is 1. The van der Waals surface area contributed by atoms with E-state index in [2.05, 4.69) is 0 Å². The van der Waals surface area contributed by atoms with Crippen LogP contribution in [-0.2, 0) is 9.59 Å². The van der Waals surface area contributed by atoms with Gasteiger partial charge in [-0.3, -0.25) is 9.59 Å². The lowest BCUT2D eigenvalue weighted by molar-refractivity contribution is -0.145. The van der Waals surface area contributed by atoms with E-state index in [4.69, 9.17) is 5.73 Å². The van der Waals surface area contributed by atoms with Crippen LogP contribution in [0.2, 0.25) is 0 Å². The van der Waals surface area contributed by atoms with Crippen LogP contribution in [0.15, 0.2) is 30.3 Å². The summed E-state index contributed by atoms with van der Waals surface area (Å²) in [4.78, 5) is 23.7. The predicted molar refractivity (Wildman–Crippen MR) is 55.0 cm³/mol. The summed E-state index contributed by atoms with van der Waals surface area (Å²) >= 11 is 0. The SMILES string of the molecule is NC(=O)CN1C[C@H](c2ccccc2)C1=O. The van der Waals surface area contributed by atoms with Crippen molar-refractivity contribution in [2.75, 3.05) is 13.1 Å². The first-order valence-corrected chi connectivity index (χ1v) is 4.80. The van der Waals surface area contributed by atoms with Crippen LogP contribution >= 0.6 is 0 Å². The zero-order valence-electron chi connectivity index (χ0n) is 8.22. The third kappa shape index (κ3) is 1.83. The molecule has 0 saturated carbocycles. The van der Waals surface area contributed by atoms with Gasteiger partial charge in [0, 0.05) is 6.54 Å². The summed E-state index contributed by atoms with van der Waals surface area (Å²) in [6.07, 6.45) is 0. The molecule has 4 nitrogen and oxygen atoms in total. The number of amides is 2. The minimum absolute atomic E-state index is 0.0139. The molecule has 1 atom stereocenters. The van der Waals surface area contributed by atoms with Gasteiger partial charge in [0.15, 0.2) is 0 Å². The Bertz CT molecular complexity index is 389. The molecule has 1 fully saturated rings. The minimum atomic E-state index is -0.463. The molecule has 2 N–H and O–H groups in total. The van der Waals surface area contributed by atoms with Crippen molar-refractivity contribution >= 4 is 11.8 Å². The fraction of sp³-hybridized carbons (Fsp3) is 0.273. The molecule has 1 aromatic rings. The highest BCUT2D eigenvalue weighted by molar-refractivity contribution is 5.93. The Morgan fingerprint density at radius 3 is 2.60 bits per heavy atom. The highest BCUT2D eigenvalue weighted by Crippen LogP contribution is 2.27. The first-order valence-electron chi connectivity index (χ1n) is 4.80. The Balaban J connectivity index is 2.01. The van der Waals surface area contributed by atoms with E-state index in [0.717, 1.165) is 5.56 Å². The fourth-order valence-corrected chi connectivity index (χ4v) is 1.76. The summed E-state index contributed by atoms with van der Waals surface area (Å²) in [6, 6.07) is 9.56. The van der Waals surface area contributed by atoms with E-state index in [9.17, 15) is 9.59 Å². The third-order valence-electron chi connectivity index (χ3n) is 2.56.